The lowest BCUT2D eigenvalue weighted by Crippen LogP contribution is -2.56. The Balaban J connectivity index is 1.36. The molecule has 2 N–H and O–H groups in total. The fourth-order valence-corrected chi connectivity index (χ4v) is 7.76. The lowest BCUT2D eigenvalue weighted by molar-refractivity contribution is -0.144. The molecule has 2 fully saturated rings. The molecule has 13 heteroatoms. The lowest BCUT2D eigenvalue weighted by atomic mass is 9.87. The van der Waals surface area contributed by atoms with E-state index in [0.717, 1.165) is 31.2 Å². The summed E-state index contributed by atoms with van der Waals surface area (Å²) in [4.78, 5) is 36.4. The zero-order chi connectivity index (χ0) is 28.4. The SMILES string of the molecule is COc1ccc2nc(NC(=O)[C@H](CC3CCCC3)c3ccc(S(=O)(=O)N4CCN(C)C(C(=O)O)C4)cc3)sc2n1. The molecule has 5 rings (SSSR count). The van der Waals surface area contributed by atoms with Crippen molar-refractivity contribution in [1.82, 2.24) is 19.2 Å². The second-order valence-corrected chi connectivity index (χ2v) is 13.3. The summed E-state index contributed by atoms with van der Waals surface area (Å²) < 4.78 is 33.1. The average molecular weight is 588 g/mol. The summed E-state index contributed by atoms with van der Waals surface area (Å²) in [6, 6.07) is 9.03. The number of aromatic nitrogens is 2. The molecule has 1 saturated heterocycles. The van der Waals surface area contributed by atoms with Crippen LogP contribution in [-0.4, -0.2) is 84.4 Å². The molecule has 2 atom stereocenters. The Morgan fingerprint density at radius 3 is 2.52 bits per heavy atom. The average Bonchev–Trinajstić information content (AvgIpc) is 3.60. The van der Waals surface area contributed by atoms with Crippen LogP contribution < -0.4 is 10.1 Å². The van der Waals surface area contributed by atoms with Crippen LogP contribution in [0, 0.1) is 5.92 Å². The Morgan fingerprint density at radius 2 is 1.85 bits per heavy atom. The first-order valence-corrected chi connectivity index (χ1v) is 15.6. The third kappa shape index (κ3) is 5.97. The van der Waals surface area contributed by atoms with E-state index in [9.17, 15) is 23.1 Å². The molecule has 1 saturated carbocycles. The van der Waals surface area contributed by atoms with E-state index in [-0.39, 0.29) is 23.9 Å². The molecule has 11 nitrogen and oxygen atoms in total. The number of rotatable bonds is 9. The molecule has 40 heavy (non-hydrogen) atoms. The monoisotopic (exact) mass is 587 g/mol. The molecule has 1 unspecified atom stereocenters. The summed E-state index contributed by atoms with van der Waals surface area (Å²) in [6.07, 6.45) is 5.08. The molecule has 2 aliphatic rings. The standard InChI is InChI=1S/C27H33N5O6S2/c1-31-13-14-32(16-22(31)26(34)35)40(36,37)19-9-7-18(8-10-19)20(15-17-5-3-4-6-17)24(33)30-27-28-21-11-12-23(38-2)29-25(21)39-27/h7-12,17,20,22H,3-6,13-16H2,1-2H3,(H,34,35)(H,28,30,33)/t20-,22?/m1/s1. The van der Waals surface area contributed by atoms with Crippen LogP contribution in [0.5, 0.6) is 5.88 Å². The third-order valence-corrected chi connectivity index (χ3v) is 10.6. The number of sulfonamides is 1. The molecule has 1 amide bonds. The van der Waals surface area contributed by atoms with Gasteiger partial charge in [0.05, 0.1) is 17.9 Å². The van der Waals surface area contributed by atoms with Crippen molar-refractivity contribution < 1.29 is 27.9 Å². The number of methoxy groups -OCH3 is 1. The lowest BCUT2D eigenvalue weighted by Gasteiger charge is -2.36. The van der Waals surface area contributed by atoms with Gasteiger partial charge in [0, 0.05) is 25.7 Å². The summed E-state index contributed by atoms with van der Waals surface area (Å²) in [7, 11) is -0.672. The van der Waals surface area contributed by atoms with Gasteiger partial charge in [-0.3, -0.25) is 14.5 Å². The highest BCUT2D eigenvalue weighted by Crippen LogP contribution is 2.36. The van der Waals surface area contributed by atoms with Gasteiger partial charge in [0.25, 0.3) is 0 Å². The number of likely N-dealkylation sites (N-methyl/N-ethyl adjacent to an activating group) is 1. The second-order valence-electron chi connectivity index (χ2n) is 10.4. The van der Waals surface area contributed by atoms with Gasteiger partial charge in [-0.15, -0.1) is 0 Å². The molecule has 1 aliphatic carbocycles. The number of pyridine rings is 1. The Morgan fingerprint density at radius 1 is 1.12 bits per heavy atom. The van der Waals surface area contributed by atoms with Crippen molar-refractivity contribution >= 4 is 48.7 Å². The summed E-state index contributed by atoms with van der Waals surface area (Å²) in [5.74, 6) is -0.843. The second kappa shape index (κ2) is 11.8. The Bertz CT molecular complexity index is 1490. The summed E-state index contributed by atoms with van der Waals surface area (Å²) >= 11 is 1.27. The van der Waals surface area contributed by atoms with Gasteiger partial charge in [0.1, 0.15) is 16.4 Å². The molecule has 1 aliphatic heterocycles. The first kappa shape index (κ1) is 28.4. The number of hydrogen-bond donors (Lipinski definition) is 2. The number of nitrogens with one attached hydrogen (secondary N) is 1. The maximum atomic E-state index is 13.6. The van der Waals surface area contributed by atoms with Crippen molar-refractivity contribution in [2.24, 2.45) is 5.92 Å². The minimum Gasteiger partial charge on any atom is -0.481 e. The van der Waals surface area contributed by atoms with Crippen molar-refractivity contribution in [3.8, 4) is 5.88 Å². The fourth-order valence-electron chi connectivity index (χ4n) is 5.49. The number of carboxylic acids is 1. The van der Waals surface area contributed by atoms with E-state index in [1.807, 2.05) is 0 Å². The summed E-state index contributed by atoms with van der Waals surface area (Å²) in [6.45, 7) is 0.414. The number of benzene rings is 1. The molecule has 3 heterocycles. The smallest absolute Gasteiger partial charge is 0.322 e. The van der Waals surface area contributed by atoms with E-state index < -0.39 is 28.0 Å². The third-order valence-electron chi connectivity index (χ3n) is 7.85. The van der Waals surface area contributed by atoms with E-state index in [1.54, 1.807) is 43.3 Å². The van der Waals surface area contributed by atoms with Crippen molar-refractivity contribution in [3.63, 3.8) is 0 Å². The molecular formula is C27H33N5O6S2. The highest BCUT2D eigenvalue weighted by molar-refractivity contribution is 7.89. The number of ether oxygens (including phenoxy) is 1. The van der Waals surface area contributed by atoms with E-state index in [0.29, 0.717) is 40.2 Å². The quantitative estimate of drug-likeness (QED) is 0.385. The molecule has 214 valence electrons. The molecule has 3 aromatic rings. The molecular weight excluding hydrogens is 554 g/mol. The van der Waals surface area contributed by atoms with Gasteiger partial charge < -0.3 is 15.2 Å². The van der Waals surface area contributed by atoms with Crippen molar-refractivity contribution in [2.75, 3.05) is 39.1 Å². The first-order valence-electron chi connectivity index (χ1n) is 13.3. The van der Waals surface area contributed by atoms with Gasteiger partial charge in [0.2, 0.25) is 21.8 Å². The van der Waals surface area contributed by atoms with E-state index in [4.69, 9.17) is 4.74 Å². The predicted molar refractivity (Wildman–Crippen MR) is 151 cm³/mol. The highest BCUT2D eigenvalue weighted by atomic mass is 32.2. The van der Waals surface area contributed by atoms with Crippen LogP contribution in [0.4, 0.5) is 5.13 Å². The highest BCUT2D eigenvalue weighted by Gasteiger charge is 2.36. The number of carbonyl (C=O) groups is 2. The van der Waals surface area contributed by atoms with Gasteiger partial charge in [-0.25, -0.2) is 18.4 Å². The topological polar surface area (TPSA) is 142 Å². The number of anilines is 1. The van der Waals surface area contributed by atoms with Crippen LogP contribution in [0.2, 0.25) is 0 Å². The normalized spacial score (nSPS) is 20.0. The number of piperazine rings is 1. The number of aliphatic carboxylic acids is 1. The van der Waals surface area contributed by atoms with E-state index in [1.165, 1.54) is 27.8 Å². The van der Waals surface area contributed by atoms with Gasteiger partial charge in [-0.05, 0) is 43.1 Å². The number of carboxylic acid groups (broad SMARTS) is 1. The van der Waals surface area contributed by atoms with Crippen molar-refractivity contribution in [2.45, 2.75) is 49.0 Å². The van der Waals surface area contributed by atoms with Gasteiger partial charge in [-0.2, -0.15) is 4.31 Å². The number of amides is 1. The van der Waals surface area contributed by atoms with Crippen LogP contribution in [0.15, 0.2) is 41.3 Å². The van der Waals surface area contributed by atoms with Gasteiger partial charge in [-0.1, -0.05) is 49.2 Å². The Hall–Kier alpha value is -3.13. The first-order chi connectivity index (χ1) is 19.2. The molecule has 2 aromatic heterocycles. The fraction of sp³-hybridized carbons (Fsp3) is 0.481. The van der Waals surface area contributed by atoms with Crippen molar-refractivity contribution in [1.29, 1.82) is 0 Å². The van der Waals surface area contributed by atoms with Gasteiger partial charge in [0.15, 0.2) is 5.13 Å². The van der Waals surface area contributed by atoms with Crippen LogP contribution in [0.1, 0.15) is 43.6 Å². The van der Waals surface area contributed by atoms with E-state index >= 15 is 0 Å². The zero-order valence-corrected chi connectivity index (χ0v) is 24.1. The molecule has 1 aromatic carbocycles. The summed E-state index contributed by atoms with van der Waals surface area (Å²) in [5.41, 5.74) is 1.39. The van der Waals surface area contributed by atoms with Crippen LogP contribution in [-0.2, 0) is 19.6 Å². The maximum absolute atomic E-state index is 13.6. The maximum Gasteiger partial charge on any atom is 0.322 e. The van der Waals surface area contributed by atoms with Crippen molar-refractivity contribution in [3.05, 3.63) is 42.0 Å². The van der Waals surface area contributed by atoms with Crippen LogP contribution in [0.25, 0.3) is 10.3 Å². The number of nitrogens with zero attached hydrogens (tertiary/aromatic N) is 4. The van der Waals surface area contributed by atoms with Gasteiger partial charge >= 0.3 is 5.97 Å². The summed E-state index contributed by atoms with van der Waals surface area (Å²) in [5, 5.41) is 12.9. The van der Waals surface area contributed by atoms with Crippen LogP contribution >= 0.6 is 11.3 Å². The molecule has 0 radical (unpaired) electrons. The largest absolute Gasteiger partial charge is 0.481 e. The minimum absolute atomic E-state index is 0.0798. The zero-order valence-electron chi connectivity index (χ0n) is 22.4. The number of fused-ring (bicyclic) bond motifs is 1. The number of hydrogen-bond acceptors (Lipinski definition) is 9. The molecule has 0 spiro atoms. The number of thiazole rings is 1. The number of carbonyl (C=O) groups excluding carboxylic acids is 1. The minimum atomic E-state index is -3.89. The predicted octanol–water partition coefficient (Wildman–Crippen LogP) is 3.39. The Labute approximate surface area is 237 Å². The van der Waals surface area contributed by atoms with Crippen LogP contribution in [0.3, 0.4) is 0 Å². The Kier molecular flexibility index (Phi) is 8.36. The van der Waals surface area contributed by atoms with E-state index in [2.05, 4.69) is 15.3 Å². The molecule has 0 bridgehead atoms.